The van der Waals surface area contributed by atoms with Crippen molar-refractivity contribution in [3.63, 3.8) is 0 Å². The lowest BCUT2D eigenvalue weighted by Crippen LogP contribution is -2.44. The van der Waals surface area contributed by atoms with Gasteiger partial charge in [-0.15, -0.1) is 0 Å². The molecule has 1 atom stereocenters. The van der Waals surface area contributed by atoms with E-state index in [1.807, 2.05) is 13.0 Å². The summed E-state index contributed by atoms with van der Waals surface area (Å²) in [6.45, 7) is 7.88. The molecular weight excluding hydrogens is 329 g/mol. The first-order valence-electron chi connectivity index (χ1n) is 9.09. The third kappa shape index (κ3) is 2.55. The fourth-order valence-electron chi connectivity index (χ4n) is 4.04. The molecule has 1 aromatic carbocycles. The molecule has 1 unspecified atom stereocenters. The number of benzene rings is 1. The second-order valence-electron chi connectivity index (χ2n) is 7.16. The molecule has 2 aliphatic heterocycles. The molecule has 0 bridgehead atoms. The molecule has 0 radical (unpaired) electrons. The molecule has 0 spiro atoms. The minimum atomic E-state index is -0.513. The topological polar surface area (TPSA) is 55.5 Å². The molecule has 134 valence electrons. The number of anilines is 1. The molecule has 2 aliphatic rings. The molecule has 1 fully saturated rings. The Hall–Kier alpha value is -2.52. The second-order valence-corrected chi connectivity index (χ2v) is 7.16. The van der Waals surface area contributed by atoms with Gasteiger partial charge < -0.3 is 9.80 Å². The zero-order valence-corrected chi connectivity index (χ0v) is 15.4. The zero-order valence-electron chi connectivity index (χ0n) is 15.4. The smallest absolute Gasteiger partial charge is 0.155 e. The number of piperazine rings is 1. The van der Waals surface area contributed by atoms with E-state index in [1.165, 1.54) is 6.07 Å². The molecule has 2 aromatic rings. The maximum absolute atomic E-state index is 14.2. The van der Waals surface area contributed by atoms with E-state index in [0.29, 0.717) is 5.52 Å². The van der Waals surface area contributed by atoms with Gasteiger partial charge in [-0.05, 0) is 32.0 Å². The Kier molecular flexibility index (Phi) is 4.12. The van der Waals surface area contributed by atoms with Gasteiger partial charge in [-0.2, -0.15) is 5.26 Å². The van der Waals surface area contributed by atoms with E-state index in [1.54, 1.807) is 6.07 Å². The van der Waals surface area contributed by atoms with Gasteiger partial charge >= 0.3 is 0 Å². The van der Waals surface area contributed by atoms with Crippen molar-refractivity contribution in [2.24, 2.45) is 4.99 Å². The lowest BCUT2D eigenvalue weighted by molar-refractivity contribution is 0.312. The van der Waals surface area contributed by atoms with Gasteiger partial charge in [-0.3, -0.25) is 4.99 Å². The van der Waals surface area contributed by atoms with Crippen LogP contribution in [0.25, 0.3) is 10.9 Å². The van der Waals surface area contributed by atoms with Crippen molar-refractivity contribution in [1.29, 1.82) is 5.26 Å². The summed E-state index contributed by atoms with van der Waals surface area (Å²) < 4.78 is 14.2. The van der Waals surface area contributed by atoms with Crippen molar-refractivity contribution < 1.29 is 4.39 Å². The summed E-state index contributed by atoms with van der Waals surface area (Å²) in [7, 11) is 2.11. The van der Waals surface area contributed by atoms with Crippen molar-refractivity contribution in [1.82, 2.24) is 9.88 Å². The predicted octanol–water partition coefficient (Wildman–Crippen LogP) is 3.60. The van der Waals surface area contributed by atoms with Crippen LogP contribution in [0.5, 0.6) is 0 Å². The number of aromatic nitrogens is 1. The SMILES string of the molecule is CCC1C(C)=Nc2c(N3CCN(C)CC3)nc3cc(F)c(C#N)cc3c21. The van der Waals surface area contributed by atoms with Crippen LogP contribution in [0.4, 0.5) is 15.9 Å². The summed E-state index contributed by atoms with van der Waals surface area (Å²) in [6.07, 6.45) is 0.920. The fourth-order valence-corrected chi connectivity index (χ4v) is 4.04. The van der Waals surface area contributed by atoms with Crippen LogP contribution < -0.4 is 4.90 Å². The van der Waals surface area contributed by atoms with Crippen molar-refractivity contribution in [2.45, 2.75) is 26.2 Å². The highest BCUT2D eigenvalue weighted by atomic mass is 19.1. The summed E-state index contributed by atoms with van der Waals surface area (Å²) >= 11 is 0. The van der Waals surface area contributed by atoms with Crippen LogP contribution >= 0.6 is 0 Å². The normalized spacial score (nSPS) is 20.2. The van der Waals surface area contributed by atoms with E-state index >= 15 is 0 Å². The van der Waals surface area contributed by atoms with Crippen LogP contribution in [0.3, 0.4) is 0 Å². The fraction of sp³-hybridized carbons (Fsp3) is 0.450. The van der Waals surface area contributed by atoms with Crippen LogP contribution in [0.2, 0.25) is 0 Å². The monoisotopic (exact) mass is 351 g/mol. The Labute approximate surface area is 152 Å². The molecule has 3 heterocycles. The summed E-state index contributed by atoms with van der Waals surface area (Å²) in [4.78, 5) is 14.2. The quantitative estimate of drug-likeness (QED) is 0.830. The van der Waals surface area contributed by atoms with Gasteiger partial charge in [0.05, 0.1) is 11.1 Å². The Morgan fingerprint density at radius 1 is 1.27 bits per heavy atom. The van der Waals surface area contributed by atoms with Crippen LogP contribution in [-0.4, -0.2) is 48.8 Å². The highest BCUT2D eigenvalue weighted by molar-refractivity contribution is 6.05. The molecule has 6 heteroatoms. The summed E-state index contributed by atoms with van der Waals surface area (Å²) in [6, 6.07) is 4.99. The number of hydrogen-bond acceptors (Lipinski definition) is 5. The minimum Gasteiger partial charge on any atom is -0.352 e. The highest BCUT2D eigenvalue weighted by Gasteiger charge is 2.31. The molecule has 5 nitrogen and oxygen atoms in total. The second kappa shape index (κ2) is 6.33. The molecule has 0 saturated carbocycles. The van der Waals surface area contributed by atoms with E-state index in [-0.39, 0.29) is 11.5 Å². The minimum absolute atomic E-state index is 0.0632. The van der Waals surface area contributed by atoms with Crippen LogP contribution in [0, 0.1) is 17.1 Å². The van der Waals surface area contributed by atoms with Gasteiger partial charge in [0, 0.05) is 49.3 Å². The van der Waals surface area contributed by atoms with Crippen molar-refractivity contribution >= 4 is 28.1 Å². The molecular formula is C20H22FN5. The molecule has 26 heavy (non-hydrogen) atoms. The van der Waals surface area contributed by atoms with E-state index in [4.69, 9.17) is 9.98 Å². The highest BCUT2D eigenvalue weighted by Crippen LogP contribution is 2.46. The predicted molar refractivity (Wildman–Crippen MR) is 102 cm³/mol. The number of nitrogens with zero attached hydrogens (tertiary/aromatic N) is 5. The van der Waals surface area contributed by atoms with Gasteiger partial charge in [0.1, 0.15) is 17.6 Å². The lowest BCUT2D eigenvalue weighted by Gasteiger charge is -2.34. The van der Waals surface area contributed by atoms with E-state index in [2.05, 4.69) is 23.8 Å². The van der Waals surface area contributed by atoms with Gasteiger partial charge in [-0.1, -0.05) is 6.92 Å². The number of aliphatic imine (C=N–C) groups is 1. The molecule has 0 aliphatic carbocycles. The molecule has 0 N–H and O–H groups in total. The Balaban J connectivity index is 1.96. The molecule has 1 saturated heterocycles. The summed E-state index contributed by atoms with van der Waals surface area (Å²) in [5.41, 5.74) is 3.74. The number of nitriles is 1. The Bertz CT molecular complexity index is 951. The lowest BCUT2D eigenvalue weighted by atomic mass is 9.90. The van der Waals surface area contributed by atoms with E-state index < -0.39 is 5.82 Å². The summed E-state index contributed by atoms with van der Waals surface area (Å²) in [5.74, 6) is 0.527. The number of halogens is 1. The first-order valence-corrected chi connectivity index (χ1v) is 9.09. The number of hydrogen-bond donors (Lipinski definition) is 0. The largest absolute Gasteiger partial charge is 0.352 e. The number of likely N-dealkylation sites (N-methyl/N-ethyl adjacent to an activating group) is 1. The zero-order chi connectivity index (χ0) is 18.4. The third-order valence-electron chi connectivity index (χ3n) is 5.54. The molecule has 0 amide bonds. The maximum atomic E-state index is 14.2. The molecule has 1 aromatic heterocycles. The van der Waals surface area contributed by atoms with E-state index in [9.17, 15) is 9.65 Å². The first kappa shape index (κ1) is 16.9. The average molecular weight is 351 g/mol. The number of pyridine rings is 1. The average Bonchev–Trinajstić information content (AvgIpc) is 2.97. The third-order valence-corrected chi connectivity index (χ3v) is 5.54. The van der Waals surface area contributed by atoms with Gasteiger partial charge in [-0.25, -0.2) is 9.37 Å². The standard InChI is InChI=1S/C20H22FN5/c1-4-14-12(2)23-19-18(14)15-9-13(11-22)16(21)10-17(15)24-20(19)26-7-5-25(3)6-8-26/h9-10,14H,4-8H2,1-3H3. The van der Waals surface area contributed by atoms with Gasteiger partial charge in [0.15, 0.2) is 5.82 Å². The van der Waals surface area contributed by atoms with Crippen molar-refractivity contribution in [3.8, 4) is 6.07 Å². The van der Waals surface area contributed by atoms with Crippen molar-refractivity contribution in [2.75, 3.05) is 38.1 Å². The van der Waals surface area contributed by atoms with E-state index in [0.717, 1.165) is 60.8 Å². The number of rotatable bonds is 2. The van der Waals surface area contributed by atoms with Crippen LogP contribution in [0.15, 0.2) is 17.1 Å². The maximum Gasteiger partial charge on any atom is 0.155 e. The Morgan fingerprint density at radius 2 is 2.00 bits per heavy atom. The molecule has 4 rings (SSSR count). The number of fused-ring (bicyclic) bond motifs is 3. The van der Waals surface area contributed by atoms with Crippen molar-refractivity contribution in [3.05, 3.63) is 29.1 Å². The van der Waals surface area contributed by atoms with Crippen LogP contribution in [-0.2, 0) is 0 Å². The van der Waals surface area contributed by atoms with Gasteiger partial charge in [0.25, 0.3) is 0 Å². The van der Waals surface area contributed by atoms with Crippen LogP contribution in [0.1, 0.15) is 37.3 Å². The first-order chi connectivity index (χ1) is 12.5. The summed E-state index contributed by atoms with van der Waals surface area (Å²) in [5, 5.41) is 10.1. The van der Waals surface area contributed by atoms with Gasteiger partial charge in [0.2, 0.25) is 0 Å². The Morgan fingerprint density at radius 3 is 2.65 bits per heavy atom.